The zero-order valence-electron chi connectivity index (χ0n) is 16.2. The van der Waals surface area contributed by atoms with Gasteiger partial charge in [0.05, 0.1) is 23.7 Å². The minimum atomic E-state index is -0.288. The molecule has 0 fully saturated rings. The van der Waals surface area contributed by atoms with Crippen LogP contribution in [-0.4, -0.2) is 29.9 Å². The first-order chi connectivity index (χ1) is 13.6. The average molecular weight is 399 g/mol. The largest absolute Gasteiger partial charge is 0.349 e. The zero-order valence-corrected chi connectivity index (χ0v) is 17.1. The van der Waals surface area contributed by atoms with Gasteiger partial charge in [-0.15, -0.1) is 11.3 Å². The van der Waals surface area contributed by atoms with Crippen molar-refractivity contribution in [2.45, 2.75) is 57.0 Å². The second-order valence-corrected chi connectivity index (χ2v) is 8.65. The van der Waals surface area contributed by atoms with Gasteiger partial charge < -0.3 is 16.0 Å². The first kappa shape index (κ1) is 19.1. The van der Waals surface area contributed by atoms with Crippen LogP contribution < -0.4 is 16.0 Å². The summed E-state index contributed by atoms with van der Waals surface area (Å²) in [7, 11) is 1.75. The van der Waals surface area contributed by atoms with Gasteiger partial charge in [0.25, 0.3) is 0 Å². The Hall–Kier alpha value is -2.25. The molecule has 7 heteroatoms. The zero-order chi connectivity index (χ0) is 19.7. The van der Waals surface area contributed by atoms with E-state index in [1.807, 2.05) is 6.07 Å². The van der Waals surface area contributed by atoms with E-state index in [4.69, 9.17) is 0 Å². The van der Waals surface area contributed by atoms with Gasteiger partial charge >= 0.3 is 0 Å². The fourth-order valence-corrected chi connectivity index (χ4v) is 5.10. The molecule has 0 unspecified atom stereocenters. The number of fused-ring (bicyclic) bond motifs is 2. The van der Waals surface area contributed by atoms with Crippen molar-refractivity contribution in [2.75, 3.05) is 12.4 Å². The molecule has 3 atom stereocenters. The third-order valence-electron chi connectivity index (χ3n) is 5.78. The molecule has 0 aliphatic heterocycles. The number of aryl methyl sites for hydroxylation is 2. The fourth-order valence-electron chi connectivity index (χ4n) is 4.06. The van der Waals surface area contributed by atoms with Crippen LogP contribution in [0.3, 0.4) is 0 Å². The van der Waals surface area contributed by atoms with Crippen LogP contribution in [0.2, 0.25) is 0 Å². The van der Waals surface area contributed by atoms with Gasteiger partial charge in [0.1, 0.15) is 0 Å². The van der Waals surface area contributed by atoms with E-state index in [1.54, 1.807) is 14.0 Å². The number of anilines is 1. The molecular weight excluding hydrogens is 372 g/mol. The predicted molar refractivity (Wildman–Crippen MR) is 111 cm³/mol. The number of likely N-dealkylation sites (N-methyl/N-ethyl adjacent to an activating group) is 1. The summed E-state index contributed by atoms with van der Waals surface area (Å²) in [5.41, 5.74) is 3.41. The fraction of sp³-hybridized carbons (Fsp3) is 0.476. The lowest BCUT2D eigenvalue weighted by molar-refractivity contribution is -0.123. The summed E-state index contributed by atoms with van der Waals surface area (Å²) in [4.78, 5) is 30.8. The summed E-state index contributed by atoms with van der Waals surface area (Å²) in [5.74, 6) is -0.297. The Labute approximate surface area is 169 Å². The van der Waals surface area contributed by atoms with Gasteiger partial charge in [0.2, 0.25) is 11.8 Å². The summed E-state index contributed by atoms with van der Waals surface area (Å²) in [6.07, 6.45) is 4.77. The van der Waals surface area contributed by atoms with Gasteiger partial charge in [0.15, 0.2) is 5.13 Å². The molecule has 0 spiro atoms. The minimum Gasteiger partial charge on any atom is -0.349 e. The van der Waals surface area contributed by atoms with Crippen LogP contribution in [0, 0.1) is 0 Å². The number of nitrogens with zero attached hydrogens (tertiary/aromatic N) is 1. The number of benzene rings is 1. The van der Waals surface area contributed by atoms with E-state index < -0.39 is 0 Å². The van der Waals surface area contributed by atoms with Gasteiger partial charge in [-0.3, -0.25) is 9.59 Å². The van der Waals surface area contributed by atoms with E-state index in [9.17, 15) is 9.59 Å². The quantitative estimate of drug-likeness (QED) is 0.723. The van der Waals surface area contributed by atoms with Crippen molar-refractivity contribution in [1.82, 2.24) is 15.6 Å². The Bertz CT molecular complexity index is 894. The van der Waals surface area contributed by atoms with E-state index in [2.05, 4.69) is 39.1 Å². The second-order valence-electron chi connectivity index (χ2n) is 7.57. The summed E-state index contributed by atoms with van der Waals surface area (Å²) >= 11 is 1.48. The van der Waals surface area contributed by atoms with Crippen LogP contribution in [0.15, 0.2) is 24.3 Å². The minimum absolute atomic E-state index is 0.0484. The first-order valence-electron chi connectivity index (χ1n) is 9.92. The Morgan fingerprint density at radius 2 is 2.04 bits per heavy atom. The third-order valence-corrected chi connectivity index (χ3v) is 6.82. The normalized spacial score (nSPS) is 21.5. The number of rotatable bonds is 5. The molecule has 4 rings (SSSR count). The summed E-state index contributed by atoms with van der Waals surface area (Å²) in [6.45, 7) is 1.80. The van der Waals surface area contributed by atoms with Crippen molar-refractivity contribution in [3.05, 3.63) is 46.0 Å². The molecule has 0 bridgehead atoms. The van der Waals surface area contributed by atoms with Crippen molar-refractivity contribution in [3.63, 3.8) is 0 Å². The molecule has 148 valence electrons. The Morgan fingerprint density at radius 3 is 2.86 bits per heavy atom. The topological polar surface area (TPSA) is 83.1 Å². The Kier molecular flexibility index (Phi) is 5.46. The number of nitrogens with one attached hydrogen (secondary N) is 3. The maximum atomic E-state index is 13.0. The Morgan fingerprint density at radius 1 is 1.21 bits per heavy atom. The average Bonchev–Trinajstić information content (AvgIpc) is 3.27. The van der Waals surface area contributed by atoms with Crippen LogP contribution >= 0.6 is 11.3 Å². The highest BCUT2D eigenvalue weighted by Gasteiger charge is 2.34. The molecule has 1 aromatic carbocycles. The SMILES string of the molecule is CN[C@@H](C)C(=O)Nc1nc2c(s1)CC[C@H]2C(=O)N[C@H]1CCCc2ccccc21. The Balaban J connectivity index is 1.46. The number of hydrogen-bond acceptors (Lipinski definition) is 5. The van der Waals surface area contributed by atoms with Gasteiger partial charge in [-0.2, -0.15) is 0 Å². The molecule has 3 N–H and O–H groups in total. The molecule has 6 nitrogen and oxygen atoms in total. The lowest BCUT2D eigenvalue weighted by Crippen LogP contribution is -2.35. The van der Waals surface area contributed by atoms with E-state index in [1.165, 1.54) is 22.5 Å². The highest BCUT2D eigenvalue weighted by molar-refractivity contribution is 7.16. The van der Waals surface area contributed by atoms with Crippen LogP contribution in [0.5, 0.6) is 0 Å². The van der Waals surface area contributed by atoms with Crippen molar-refractivity contribution in [3.8, 4) is 0 Å². The predicted octanol–water partition coefficient (Wildman–Crippen LogP) is 2.91. The van der Waals surface area contributed by atoms with Gasteiger partial charge in [-0.05, 0) is 57.2 Å². The number of carbonyl (C=O) groups is 2. The highest BCUT2D eigenvalue weighted by atomic mass is 32.1. The third kappa shape index (κ3) is 3.69. The molecule has 2 aromatic rings. The molecular formula is C21H26N4O2S. The molecule has 2 aliphatic carbocycles. The molecule has 28 heavy (non-hydrogen) atoms. The van der Waals surface area contributed by atoms with E-state index >= 15 is 0 Å². The molecule has 0 saturated carbocycles. The van der Waals surface area contributed by atoms with Crippen molar-refractivity contribution < 1.29 is 9.59 Å². The standard InChI is InChI=1S/C21H26N4O2S/c1-12(22-2)19(26)25-21-24-18-15(10-11-17(18)28-21)20(27)23-16-9-5-7-13-6-3-4-8-14(13)16/h3-4,6,8,12,15-16,22H,5,7,9-11H2,1-2H3,(H,23,27)(H,24,25,26)/t12-,15+,16-/m0/s1. The summed E-state index contributed by atoms with van der Waals surface area (Å²) < 4.78 is 0. The summed E-state index contributed by atoms with van der Waals surface area (Å²) in [5, 5.41) is 9.61. The highest BCUT2D eigenvalue weighted by Crippen LogP contribution is 2.39. The van der Waals surface area contributed by atoms with Crippen LogP contribution in [0.4, 0.5) is 5.13 Å². The molecule has 1 heterocycles. The number of thiazole rings is 1. The van der Waals surface area contributed by atoms with E-state index in [-0.39, 0.29) is 29.8 Å². The maximum Gasteiger partial charge on any atom is 0.242 e. The van der Waals surface area contributed by atoms with Crippen molar-refractivity contribution in [2.24, 2.45) is 0 Å². The molecule has 2 aliphatic rings. The number of carbonyl (C=O) groups excluding carboxylic acids is 2. The van der Waals surface area contributed by atoms with Crippen LogP contribution in [0.1, 0.15) is 59.8 Å². The van der Waals surface area contributed by atoms with Crippen LogP contribution in [0.25, 0.3) is 0 Å². The van der Waals surface area contributed by atoms with Gasteiger partial charge in [-0.1, -0.05) is 24.3 Å². The molecule has 1 aromatic heterocycles. The van der Waals surface area contributed by atoms with Gasteiger partial charge in [-0.25, -0.2) is 4.98 Å². The van der Waals surface area contributed by atoms with Crippen molar-refractivity contribution in [1.29, 1.82) is 0 Å². The van der Waals surface area contributed by atoms with Gasteiger partial charge in [0, 0.05) is 4.88 Å². The van der Waals surface area contributed by atoms with E-state index in [0.29, 0.717) is 5.13 Å². The van der Waals surface area contributed by atoms with Crippen molar-refractivity contribution >= 4 is 28.3 Å². The van der Waals surface area contributed by atoms with E-state index in [0.717, 1.165) is 42.7 Å². The molecule has 0 saturated heterocycles. The smallest absolute Gasteiger partial charge is 0.242 e. The lowest BCUT2D eigenvalue weighted by Gasteiger charge is -2.27. The molecule has 0 radical (unpaired) electrons. The molecule has 2 amide bonds. The number of hydrogen-bond donors (Lipinski definition) is 3. The van der Waals surface area contributed by atoms with Crippen LogP contribution in [-0.2, 0) is 22.4 Å². The number of amides is 2. The first-order valence-corrected chi connectivity index (χ1v) is 10.7. The second kappa shape index (κ2) is 8.01. The maximum absolute atomic E-state index is 13.0. The summed E-state index contributed by atoms with van der Waals surface area (Å²) in [6, 6.07) is 8.17. The monoisotopic (exact) mass is 398 g/mol. The lowest BCUT2D eigenvalue weighted by atomic mass is 9.87. The number of aromatic nitrogens is 1.